The summed E-state index contributed by atoms with van der Waals surface area (Å²) >= 11 is 0. The summed E-state index contributed by atoms with van der Waals surface area (Å²) in [5, 5.41) is 8.47. The highest BCUT2D eigenvalue weighted by Gasteiger charge is 2.15. The number of carbonyl (C=O) groups is 2. The molecule has 0 spiro atoms. The Morgan fingerprint density at radius 1 is 1.04 bits per heavy atom. The number of amides is 3. The molecule has 0 atom stereocenters. The first-order valence-electron chi connectivity index (χ1n) is 8.87. The van der Waals surface area contributed by atoms with E-state index < -0.39 is 0 Å². The number of urea groups is 1. The van der Waals surface area contributed by atoms with Crippen LogP contribution in [-0.4, -0.2) is 31.1 Å². The molecule has 0 aromatic heterocycles. The minimum Gasteiger partial charge on any atom is -0.497 e. The Bertz CT molecular complexity index is 780. The molecule has 0 radical (unpaired) electrons. The fourth-order valence-electron chi connectivity index (χ4n) is 2.44. The maximum absolute atomic E-state index is 12.2. The van der Waals surface area contributed by atoms with Gasteiger partial charge in [-0.2, -0.15) is 0 Å². The molecule has 0 aliphatic carbocycles. The standard InChI is InChI=1S/C21H27N3O3/c1-21(2,3)24-19(25)16-6-5-7-17(14-16)23-20(26)22-13-12-15-8-10-18(27-4)11-9-15/h5-11,14H,12-13H2,1-4H3,(H,24,25)(H2,22,23,26). The first-order chi connectivity index (χ1) is 12.8. The number of benzene rings is 2. The number of anilines is 1. The van der Waals surface area contributed by atoms with Gasteiger partial charge in [0.25, 0.3) is 5.91 Å². The van der Waals surface area contributed by atoms with Gasteiger partial charge in [0, 0.05) is 23.3 Å². The predicted octanol–water partition coefficient (Wildman–Crippen LogP) is 3.59. The van der Waals surface area contributed by atoms with Gasteiger partial charge >= 0.3 is 6.03 Å². The molecule has 27 heavy (non-hydrogen) atoms. The first-order valence-corrected chi connectivity index (χ1v) is 8.87. The molecule has 2 aromatic carbocycles. The average Bonchev–Trinajstić information content (AvgIpc) is 2.61. The molecule has 3 N–H and O–H groups in total. The molecule has 0 aliphatic heterocycles. The zero-order valence-electron chi connectivity index (χ0n) is 16.3. The number of hydrogen-bond acceptors (Lipinski definition) is 3. The van der Waals surface area contributed by atoms with Crippen molar-refractivity contribution in [3.05, 3.63) is 59.7 Å². The van der Waals surface area contributed by atoms with Gasteiger partial charge in [-0.3, -0.25) is 4.79 Å². The molecule has 0 saturated heterocycles. The van der Waals surface area contributed by atoms with Crippen LogP contribution in [0, 0.1) is 0 Å². The summed E-state index contributed by atoms with van der Waals surface area (Å²) in [5.41, 5.74) is 1.86. The zero-order valence-corrected chi connectivity index (χ0v) is 16.3. The van der Waals surface area contributed by atoms with Crippen LogP contribution < -0.4 is 20.7 Å². The summed E-state index contributed by atoms with van der Waals surface area (Å²) in [6, 6.07) is 14.3. The summed E-state index contributed by atoms with van der Waals surface area (Å²) in [6.07, 6.45) is 0.714. The largest absolute Gasteiger partial charge is 0.497 e. The molecule has 0 fully saturated rings. The number of methoxy groups -OCH3 is 1. The summed E-state index contributed by atoms with van der Waals surface area (Å²) < 4.78 is 5.12. The van der Waals surface area contributed by atoms with Gasteiger partial charge in [-0.05, 0) is 63.1 Å². The highest BCUT2D eigenvalue weighted by Crippen LogP contribution is 2.13. The van der Waals surface area contributed by atoms with E-state index in [1.165, 1.54) is 0 Å². The van der Waals surface area contributed by atoms with Crippen LogP contribution in [0.2, 0.25) is 0 Å². The normalized spacial score (nSPS) is 10.8. The highest BCUT2D eigenvalue weighted by atomic mass is 16.5. The number of hydrogen-bond donors (Lipinski definition) is 3. The van der Waals surface area contributed by atoms with Crippen LogP contribution in [-0.2, 0) is 6.42 Å². The van der Waals surface area contributed by atoms with Crippen molar-refractivity contribution in [2.75, 3.05) is 19.0 Å². The lowest BCUT2D eigenvalue weighted by Gasteiger charge is -2.20. The van der Waals surface area contributed by atoms with Crippen LogP contribution in [0.15, 0.2) is 48.5 Å². The molecule has 0 saturated carbocycles. The second kappa shape index (κ2) is 9.07. The monoisotopic (exact) mass is 369 g/mol. The molecule has 0 heterocycles. The first kappa shape index (κ1) is 20.3. The SMILES string of the molecule is COc1ccc(CCNC(=O)Nc2cccc(C(=O)NC(C)(C)C)c2)cc1. The maximum Gasteiger partial charge on any atom is 0.319 e. The number of nitrogens with one attached hydrogen (secondary N) is 3. The van der Waals surface area contributed by atoms with Crippen molar-refractivity contribution in [2.45, 2.75) is 32.7 Å². The predicted molar refractivity (Wildman–Crippen MR) is 107 cm³/mol. The summed E-state index contributed by atoms with van der Waals surface area (Å²) in [6.45, 7) is 6.26. The van der Waals surface area contributed by atoms with E-state index in [4.69, 9.17) is 4.74 Å². The summed E-state index contributed by atoms with van der Waals surface area (Å²) in [5.74, 6) is 0.630. The van der Waals surface area contributed by atoms with E-state index in [9.17, 15) is 9.59 Å². The number of rotatable bonds is 6. The maximum atomic E-state index is 12.2. The fraction of sp³-hybridized carbons (Fsp3) is 0.333. The summed E-state index contributed by atoms with van der Waals surface area (Å²) in [4.78, 5) is 24.3. The van der Waals surface area contributed by atoms with E-state index >= 15 is 0 Å². The molecule has 3 amide bonds. The van der Waals surface area contributed by atoms with Crippen molar-refractivity contribution in [3.63, 3.8) is 0 Å². The van der Waals surface area contributed by atoms with Gasteiger partial charge in [-0.25, -0.2) is 4.79 Å². The van der Waals surface area contributed by atoms with E-state index in [0.717, 1.165) is 11.3 Å². The molecule has 2 rings (SSSR count). The Balaban J connectivity index is 1.84. The third kappa shape index (κ3) is 7.01. The minimum absolute atomic E-state index is 0.175. The lowest BCUT2D eigenvalue weighted by molar-refractivity contribution is 0.0919. The van der Waals surface area contributed by atoms with Gasteiger partial charge in [0.1, 0.15) is 5.75 Å². The Morgan fingerprint density at radius 3 is 2.37 bits per heavy atom. The average molecular weight is 369 g/mol. The van der Waals surface area contributed by atoms with E-state index in [2.05, 4.69) is 16.0 Å². The van der Waals surface area contributed by atoms with E-state index in [1.807, 2.05) is 45.0 Å². The van der Waals surface area contributed by atoms with Gasteiger partial charge in [0.05, 0.1) is 7.11 Å². The van der Waals surface area contributed by atoms with Crippen molar-refractivity contribution >= 4 is 17.6 Å². The van der Waals surface area contributed by atoms with Crippen molar-refractivity contribution in [3.8, 4) is 5.75 Å². The van der Waals surface area contributed by atoms with Crippen LogP contribution in [0.1, 0.15) is 36.7 Å². The van der Waals surface area contributed by atoms with Gasteiger partial charge in [-0.1, -0.05) is 18.2 Å². The van der Waals surface area contributed by atoms with Crippen LogP contribution in [0.25, 0.3) is 0 Å². The van der Waals surface area contributed by atoms with E-state index in [1.54, 1.807) is 31.4 Å². The van der Waals surface area contributed by atoms with Gasteiger partial charge in [0.2, 0.25) is 0 Å². The smallest absolute Gasteiger partial charge is 0.319 e. The third-order valence-electron chi connectivity index (χ3n) is 3.73. The molecule has 0 unspecified atom stereocenters. The van der Waals surface area contributed by atoms with E-state index in [-0.39, 0.29) is 17.5 Å². The zero-order chi connectivity index (χ0) is 19.9. The highest BCUT2D eigenvalue weighted by molar-refractivity contribution is 5.97. The van der Waals surface area contributed by atoms with Crippen LogP contribution >= 0.6 is 0 Å². The topological polar surface area (TPSA) is 79.5 Å². The Hall–Kier alpha value is -3.02. The summed E-state index contributed by atoms with van der Waals surface area (Å²) in [7, 11) is 1.63. The van der Waals surface area contributed by atoms with Gasteiger partial charge < -0.3 is 20.7 Å². The van der Waals surface area contributed by atoms with Crippen LogP contribution in [0.4, 0.5) is 10.5 Å². The van der Waals surface area contributed by atoms with Crippen LogP contribution in [0.5, 0.6) is 5.75 Å². The molecule has 6 heteroatoms. The van der Waals surface area contributed by atoms with Crippen LogP contribution in [0.3, 0.4) is 0 Å². The molecular weight excluding hydrogens is 342 g/mol. The lowest BCUT2D eigenvalue weighted by atomic mass is 10.1. The van der Waals surface area contributed by atoms with Crippen molar-refractivity contribution in [1.82, 2.24) is 10.6 Å². The van der Waals surface area contributed by atoms with Crippen molar-refractivity contribution in [1.29, 1.82) is 0 Å². The van der Waals surface area contributed by atoms with E-state index in [0.29, 0.717) is 24.2 Å². The fourth-order valence-corrected chi connectivity index (χ4v) is 2.44. The molecule has 0 aliphatic rings. The van der Waals surface area contributed by atoms with Gasteiger partial charge in [-0.15, -0.1) is 0 Å². The third-order valence-corrected chi connectivity index (χ3v) is 3.73. The Labute approximate surface area is 160 Å². The molecular formula is C21H27N3O3. The van der Waals surface area contributed by atoms with Gasteiger partial charge in [0.15, 0.2) is 0 Å². The quantitative estimate of drug-likeness (QED) is 0.728. The molecule has 144 valence electrons. The number of ether oxygens (including phenoxy) is 1. The molecule has 2 aromatic rings. The number of carbonyl (C=O) groups excluding carboxylic acids is 2. The Kier molecular flexibility index (Phi) is 6.82. The minimum atomic E-state index is -0.320. The second-order valence-corrected chi connectivity index (χ2v) is 7.26. The second-order valence-electron chi connectivity index (χ2n) is 7.26. The molecule has 6 nitrogen and oxygen atoms in total. The van der Waals surface area contributed by atoms with Crippen molar-refractivity contribution in [2.24, 2.45) is 0 Å². The Morgan fingerprint density at radius 2 is 1.74 bits per heavy atom. The lowest BCUT2D eigenvalue weighted by Crippen LogP contribution is -2.40. The van der Waals surface area contributed by atoms with Crippen molar-refractivity contribution < 1.29 is 14.3 Å². The molecule has 0 bridgehead atoms.